The van der Waals surface area contributed by atoms with Crippen molar-refractivity contribution in [1.29, 1.82) is 0 Å². The zero-order valence-corrected chi connectivity index (χ0v) is 14.8. The van der Waals surface area contributed by atoms with Gasteiger partial charge < -0.3 is 10.2 Å². The minimum atomic E-state index is -0.424. The Morgan fingerprint density at radius 1 is 1.25 bits per heavy atom. The van der Waals surface area contributed by atoms with Crippen LogP contribution in [0.4, 0.5) is 0 Å². The molecule has 3 rings (SSSR count). The van der Waals surface area contributed by atoms with E-state index in [1.54, 1.807) is 6.20 Å². The Labute approximate surface area is 142 Å². The van der Waals surface area contributed by atoms with Gasteiger partial charge in [0.15, 0.2) is 11.5 Å². The number of hydrogen-bond acceptors (Lipinski definition) is 5. The van der Waals surface area contributed by atoms with E-state index in [1.165, 1.54) is 11.1 Å². The molecule has 1 aromatic heterocycles. The summed E-state index contributed by atoms with van der Waals surface area (Å²) in [6, 6.07) is 0. The van der Waals surface area contributed by atoms with E-state index in [2.05, 4.69) is 15.6 Å². The van der Waals surface area contributed by atoms with Gasteiger partial charge in [0, 0.05) is 25.0 Å². The Balaban J connectivity index is 1.59. The fourth-order valence-electron chi connectivity index (χ4n) is 3.43. The standard InChI is InChI=1S/C17H27N5O2/c1-16(2,3)14(23)11-22-10-13(19-20-22)15(24)21-8-5-17(6-9-21)4-7-18-12-17/h10,18H,4-9,11-12H2,1-3H3. The van der Waals surface area contributed by atoms with Gasteiger partial charge in [-0.15, -0.1) is 5.10 Å². The maximum Gasteiger partial charge on any atom is 0.276 e. The first-order valence-corrected chi connectivity index (χ1v) is 8.73. The molecular weight excluding hydrogens is 306 g/mol. The molecule has 1 aromatic rings. The molecule has 1 spiro atoms. The zero-order valence-electron chi connectivity index (χ0n) is 14.8. The lowest BCUT2D eigenvalue weighted by atomic mass is 9.78. The van der Waals surface area contributed by atoms with Crippen LogP contribution in [-0.4, -0.2) is 57.8 Å². The highest BCUT2D eigenvalue weighted by atomic mass is 16.2. The number of carbonyl (C=O) groups is 2. The Morgan fingerprint density at radius 3 is 2.54 bits per heavy atom. The van der Waals surface area contributed by atoms with Gasteiger partial charge in [0.05, 0.1) is 6.20 Å². The van der Waals surface area contributed by atoms with Crippen molar-refractivity contribution in [3.05, 3.63) is 11.9 Å². The number of nitrogens with one attached hydrogen (secondary N) is 1. The summed E-state index contributed by atoms with van der Waals surface area (Å²) in [6.45, 7) is 9.48. The summed E-state index contributed by atoms with van der Waals surface area (Å²) in [5.74, 6) is -0.00897. The molecule has 2 fully saturated rings. The second-order valence-electron chi connectivity index (χ2n) is 8.19. The van der Waals surface area contributed by atoms with E-state index >= 15 is 0 Å². The van der Waals surface area contributed by atoms with E-state index in [-0.39, 0.29) is 18.2 Å². The minimum absolute atomic E-state index is 0.0695. The van der Waals surface area contributed by atoms with Gasteiger partial charge in [0.2, 0.25) is 0 Å². The average Bonchev–Trinajstić information content (AvgIpc) is 3.17. The lowest BCUT2D eigenvalue weighted by Crippen LogP contribution is -2.44. The summed E-state index contributed by atoms with van der Waals surface area (Å²) in [4.78, 5) is 26.5. The molecular formula is C17H27N5O2. The molecule has 0 aromatic carbocycles. The van der Waals surface area contributed by atoms with Crippen LogP contribution in [0, 0.1) is 10.8 Å². The highest BCUT2D eigenvalue weighted by molar-refractivity contribution is 5.92. The lowest BCUT2D eigenvalue weighted by Gasteiger charge is -2.38. The van der Waals surface area contributed by atoms with Crippen molar-refractivity contribution in [3.8, 4) is 0 Å². The molecule has 3 heterocycles. The van der Waals surface area contributed by atoms with Crippen LogP contribution in [0.1, 0.15) is 50.5 Å². The number of carbonyl (C=O) groups excluding carboxylic acids is 2. The highest BCUT2D eigenvalue weighted by Gasteiger charge is 2.38. The number of Topliss-reactive ketones (excluding diaryl/α,β-unsaturated/α-hetero) is 1. The van der Waals surface area contributed by atoms with E-state index < -0.39 is 5.41 Å². The monoisotopic (exact) mass is 333 g/mol. The average molecular weight is 333 g/mol. The molecule has 24 heavy (non-hydrogen) atoms. The molecule has 7 heteroatoms. The molecule has 2 aliphatic rings. The second kappa shape index (κ2) is 6.27. The molecule has 1 N–H and O–H groups in total. The van der Waals surface area contributed by atoms with E-state index in [0.717, 1.165) is 39.0 Å². The normalized spacial score (nSPS) is 20.5. The van der Waals surface area contributed by atoms with Crippen molar-refractivity contribution in [2.24, 2.45) is 10.8 Å². The fraction of sp³-hybridized carbons (Fsp3) is 0.765. The smallest absolute Gasteiger partial charge is 0.276 e. The van der Waals surface area contributed by atoms with Crippen LogP contribution >= 0.6 is 0 Å². The first kappa shape index (κ1) is 17.1. The molecule has 1 amide bonds. The van der Waals surface area contributed by atoms with Gasteiger partial charge in [-0.05, 0) is 31.2 Å². The van der Waals surface area contributed by atoms with Crippen molar-refractivity contribution in [3.63, 3.8) is 0 Å². The molecule has 0 bridgehead atoms. The van der Waals surface area contributed by atoms with Crippen LogP contribution in [0.5, 0.6) is 0 Å². The first-order chi connectivity index (χ1) is 11.3. The third-order valence-electron chi connectivity index (χ3n) is 5.34. The lowest BCUT2D eigenvalue weighted by molar-refractivity contribution is -0.127. The zero-order chi connectivity index (χ0) is 17.4. The Bertz CT molecular complexity index is 615. The van der Waals surface area contributed by atoms with Crippen LogP contribution in [-0.2, 0) is 11.3 Å². The van der Waals surface area contributed by atoms with Crippen LogP contribution in [0.2, 0.25) is 0 Å². The number of hydrogen-bond donors (Lipinski definition) is 1. The van der Waals surface area contributed by atoms with E-state index in [9.17, 15) is 9.59 Å². The van der Waals surface area contributed by atoms with Gasteiger partial charge in [0.25, 0.3) is 5.91 Å². The maximum atomic E-state index is 12.6. The predicted octanol–water partition coefficient (Wildman–Crippen LogP) is 1.11. The Hall–Kier alpha value is -1.76. The number of piperidine rings is 1. The molecule has 7 nitrogen and oxygen atoms in total. The molecule has 2 saturated heterocycles. The van der Waals surface area contributed by atoms with Crippen LogP contribution in [0.15, 0.2) is 6.20 Å². The number of nitrogens with zero attached hydrogens (tertiary/aromatic N) is 4. The van der Waals surface area contributed by atoms with Gasteiger partial charge in [-0.1, -0.05) is 26.0 Å². The summed E-state index contributed by atoms with van der Waals surface area (Å²) >= 11 is 0. The van der Waals surface area contributed by atoms with Crippen molar-refractivity contribution >= 4 is 11.7 Å². The van der Waals surface area contributed by atoms with Crippen molar-refractivity contribution < 1.29 is 9.59 Å². The number of aromatic nitrogens is 3. The summed E-state index contributed by atoms with van der Waals surface area (Å²) in [5, 5.41) is 11.3. The van der Waals surface area contributed by atoms with E-state index in [4.69, 9.17) is 0 Å². The predicted molar refractivity (Wildman–Crippen MR) is 89.5 cm³/mol. The number of likely N-dealkylation sites (tertiary alicyclic amines) is 1. The van der Waals surface area contributed by atoms with Gasteiger partial charge in [-0.25, -0.2) is 4.68 Å². The van der Waals surface area contributed by atoms with E-state index in [0.29, 0.717) is 11.1 Å². The number of rotatable bonds is 3. The number of amides is 1. The summed E-state index contributed by atoms with van der Waals surface area (Å²) in [5.41, 5.74) is 0.289. The molecule has 0 radical (unpaired) electrons. The van der Waals surface area contributed by atoms with Crippen molar-refractivity contribution in [1.82, 2.24) is 25.2 Å². The first-order valence-electron chi connectivity index (χ1n) is 8.73. The van der Waals surface area contributed by atoms with Crippen molar-refractivity contribution in [2.75, 3.05) is 26.2 Å². The molecule has 0 unspecified atom stereocenters. The third-order valence-corrected chi connectivity index (χ3v) is 5.34. The summed E-state index contributed by atoms with van der Waals surface area (Å²) in [6.07, 6.45) is 4.89. The second-order valence-corrected chi connectivity index (χ2v) is 8.19. The third kappa shape index (κ3) is 3.50. The summed E-state index contributed by atoms with van der Waals surface area (Å²) in [7, 11) is 0. The van der Waals surface area contributed by atoms with Gasteiger partial charge >= 0.3 is 0 Å². The fourth-order valence-corrected chi connectivity index (χ4v) is 3.43. The summed E-state index contributed by atoms with van der Waals surface area (Å²) < 4.78 is 1.47. The van der Waals surface area contributed by atoms with Gasteiger partial charge in [-0.2, -0.15) is 0 Å². The number of ketones is 1. The molecule has 0 aliphatic carbocycles. The van der Waals surface area contributed by atoms with Crippen LogP contribution in [0.25, 0.3) is 0 Å². The topological polar surface area (TPSA) is 80.1 Å². The maximum absolute atomic E-state index is 12.6. The van der Waals surface area contributed by atoms with Gasteiger partial charge in [-0.3, -0.25) is 9.59 Å². The molecule has 0 saturated carbocycles. The molecule has 2 aliphatic heterocycles. The quantitative estimate of drug-likeness (QED) is 0.896. The largest absolute Gasteiger partial charge is 0.337 e. The molecule has 132 valence electrons. The Kier molecular flexibility index (Phi) is 4.46. The van der Waals surface area contributed by atoms with Gasteiger partial charge in [0.1, 0.15) is 6.54 Å². The van der Waals surface area contributed by atoms with Crippen molar-refractivity contribution in [2.45, 2.75) is 46.6 Å². The minimum Gasteiger partial charge on any atom is -0.337 e. The highest BCUT2D eigenvalue weighted by Crippen LogP contribution is 2.37. The molecule has 0 atom stereocenters. The van der Waals surface area contributed by atoms with Crippen LogP contribution in [0.3, 0.4) is 0 Å². The van der Waals surface area contributed by atoms with E-state index in [1.807, 2.05) is 25.7 Å². The van der Waals surface area contributed by atoms with Crippen LogP contribution < -0.4 is 5.32 Å². The Morgan fingerprint density at radius 2 is 1.96 bits per heavy atom. The SMILES string of the molecule is CC(C)(C)C(=O)Cn1cc(C(=O)N2CCC3(CCNC3)CC2)nn1.